The number of methoxy groups -OCH3 is 1. The number of aliphatic hydroxyl groups is 1. The van der Waals surface area contributed by atoms with Gasteiger partial charge in [-0.3, -0.25) is 0 Å². The summed E-state index contributed by atoms with van der Waals surface area (Å²) in [4.78, 5) is 11.1. The summed E-state index contributed by atoms with van der Waals surface area (Å²) in [5, 5.41) is 18.4. The van der Waals surface area contributed by atoms with Gasteiger partial charge in [0.25, 0.3) is 0 Å². The summed E-state index contributed by atoms with van der Waals surface area (Å²) in [6.45, 7) is -0.101. The standard InChI is InChI=1S/C15H14O4/c1-19-13-7-11(6-12(8-13)15(17)18)14-5-3-2-4-10(14)9-16/h2-8,16H,9H2,1H3,(H,17,18). The minimum absolute atomic E-state index is 0.101. The summed E-state index contributed by atoms with van der Waals surface area (Å²) < 4.78 is 5.11. The summed E-state index contributed by atoms with van der Waals surface area (Å²) in [6.07, 6.45) is 0. The van der Waals surface area contributed by atoms with Crippen molar-refractivity contribution in [3.05, 3.63) is 53.6 Å². The minimum Gasteiger partial charge on any atom is -0.497 e. The molecular formula is C15H14O4. The van der Waals surface area contributed by atoms with E-state index in [-0.39, 0.29) is 12.2 Å². The van der Waals surface area contributed by atoms with Gasteiger partial charge in [0.1, 0.15) is 5.75 Å². The normalized spacial score (nSPS) is 10.2. The molecule has 2 N–H and O–H groups in total. The van der Waals surface area contributed by atoms with Gasteiger partial charge in [-0.25, -0.2) is 4.79 Å². The fraction of sp³-hybridized carbons (Fsp3) is 0.133. The zero-order chi connectivity index (χ0) is 13.8. The Morgan fingerprint density at radius 1 is 1.21 bits per heavy atom. The van der Waals surface area contributed by atoms with Crippen molar-refractivity contribution in [3.63, 3.8) is 0 Å². The number of ether oxygens (including phenoxy) is 1. The average Bonchev–Trinajstić information content (AvgIpc) is 2.46. The first-order chi connectivity index (χ1) is 9.15. The molecule has 0 aromatic heterocycles. The first-order valence-corrected chi connectivity index (χ1v) is 5.77. The van der Waals surface area contributed by atoms with E-state index in [4.69, 9.17) is 9.84 Å². The molecule has 0 aliphatic carbocycles. The molecule has 0 amide bonds. The molecule has 0 aliphatic heterocycles. The van der Waals surface area contributed by atoms with Crippen molar-refractivity contribution in [2.24, 2.45) is 0 Å². The number of carboxylic acids is 1. The van der Waals surface area contributed by atoms with E-state index in [1.807, 2.05) is 18.2 Å². The predicted molar refractivity (Wildman–Crippen MR) is 71.3 cm³/mol. The van der Waals surface area contributed by atoms with E-state index in [9.17, 15) is 9.90 Å². The molecule has 0 bridgehead atoms. The summed E-state index contributed by atoms with van der Waals surface area (Å²) in [5.41, 5.74) is 2.40. The highest BCUT2D eigenvalue weighted by molar-refractivity contribution is 5.90. The lowest BCUT2D eigenvalue weighted by atomic mass is 9.98. The largest absolute Gasteiger partial charge is 0.497 e. The van der Waals surface area contributed by atoms with E-state index in [0.717, 1.165) is 11.1 Å². The third kappa shape index (κ3) is 2.74. The van der Waals surface area contributed by atoms with Crippen LogP contribution in [0.25, 0.3) is 11.1 Å². The van der Waals surface area contributed by atoms with E-state index in [0.29, 0.717) is 11.3 Å². The summed E-state index contributed by atoms with van der Waals surface area (Å²) >= 11 is 0. The number of carbonyl (C=O) groups is 1. The Kier molecular flexibility index (Phi) is 3.82. The van der Waals surface area contributed by atoms with Gasteiger partial charge in [-0.2, -0.15) is 0 Å². The molecule has 0 saturated heterocycles. The Labute approximate surface area is 110 Å². The van der Waals surface area contributed by atoms with Crippen molar-refractivity contribution in [3.8, 4) is 16.9 Å². The lowest BCUT2D eigenvalue weighted by Crippen LogP contribution is -1.98. The van der Waals surface area contributed by atoms with Gasteiger partial charge in [-0.15, -0.1) is 0 Å². The number of aliphatic hydroxyl groups excluding tert-OH is 1. The lowest BCUT2D eigenvalue weighted by molar-refractivity contribution is 0.0696. The zero-order valence-corrected chi connectivity index (χ0v) is 10.5. The van der Waals surface area contributed by atoms with Crippen molar-refractivity contribution in [1.29, 1.82) is 0 Å². The summed E-state index contributed by atoms with van der Waals surface area (Å²) in [5.74, 6) is -0.538. The number of hydrogen-bond acceptors (Lipinski definition) is 3. The van der Waals surface area contributed by atoms with Crippen LogP contribution in [0, 0.1) is 0 Å². The fourth-order valence-corrected chi connectivity index (χ4v) is 1.94. The van der Waals surface area contributed by atoms with Crippen LogP contribution < -0.4 is 4.74 Å². The number of hydrogen-bond donors (Lipinski definition) is 2. The Hall–Kier alpha value is -2.33. The van der Waals surface area contributed by atoms with Crippen LogP contribution in [0.2, 0.25) is 0 Å². The highest BCUT2D eigenvalue weighted by atomic mass is 16.5. The Bertz CT molecular complexity index is 605. The van der Waals surface area contributed by atoms with Crippen LogP contribution in [-0.2, 0) is 6.61 Å². The molecule has 0 aliphatic rings. The van der Waals surface area contributed by atoms with E-state index < -0.39 is 5.97 Å². The Morgan fingerprint density at radius 2 is 1.95 bits per heavy atom. The van der Waals surface area contributed by atoms with Gasteiger partial charge in [-0.05, 0) is 34.9 Å². The third-order valence-electron chi connectivity index (χ3n) is 2.89. The molecule has 2 aromatic rings. The zero-order valence-electron chi connectivity index (χ0n) is 10.5. The molecule has 4 nitrogen and oxygen atoms in total. The van der Waals surface area contributed by atoms with Crippen LogP contribution >= 0.6 is 0 Å². The molecule has 0 fully saturated rings. The highest BCUT2D eigenvalue weighted by Gasteiger charge is 2.10. The van der Waals surface area contributed by atoms with Gasteiger partial charge in [0.15, 0.2) is 0 Å². The summed E-state index contributed by atoms with van der Waals surface area (Å²) in [6, 6.07) is 12.1. The molecule has 2 rings (SSSR count). The van der Waals surface area contributed by atoms with Gasteiger partial charge < -0.3 is 14.9 Å². The van der Waals surface area contributed by atoms with Crippen LogP contribution in [0.1, 0.15) is 15.9 Å². The van der Waals surface area contributed by atoms with Gasteiger partial charge >= 0.3 is 5.97 Å². The van der Waals surface area contributed by atoms with Crippen LogP contribution in [0.3, 0.4) is 0 Å². The summed E-state index contributed by atoms with van der Waals surface area (Å²) in [7, 11) is 1.49. The SMILES string of the molecule is COc1cc(C(=O)O)cc(-c2ccccc2CO)c1. The van der Waals surface area contributed by atoms with Crippen molar-refractivity contribution in [2.45, 2.75) is 6.61 Å². The smallest absolute Gasteiger partial charge is 0.335 e. The van der Waals surface area contributed by atoms with Crippen molar-refractivity contribution < 1.29 is 19.7 Å². The number of rotatable bonds is 4. The maximum atomic E-state index is 11.1. The van der Waals surface area contributed by atoms with Crippen molar-refractivity contribution in [2.75, 3.05) is 7.11 Å². The van der Waals surface area contributed by atoms with Crippen LogP contribution in [0.4, 0.5) is 0 Å². The molecule has 0 radical (unpaired) electrons. The number of carboxylic acid groups (broad SMARTS) is 1. The molecule has 0 saturated carbocycles. The van der Waals surface area contributed by atoms with E-state index >= 15 is 0 Å². The van der Waals surface area contributed by atoms with Crippen LogP contribution in [0.15, 0.2) is 42.5 Å². The topological polar surface area (TPSA) is 66.8 Å². The van der Waals surface area contributed by atoms with E-state index in [2.05, 4.69) is 0 Å². The molecule has 2 aromatic carbocycles. The maximum Gasteiger partial charge on any atom is 0.335 e. The first-order valence-electron chi connectivity index (χ1n) is 5.77. The lowest BCUT2D eigenvalue weighted by Gasteiger charge is -2.10. The highest BCUT2D eigenvalue weighted by Crippen LogP contribution is 2.28. The van der Waals surface area contributed by atoms with Crippen LogP contribution in [0.5, 0.6) is 5.75 Å². The minimum atomic E-state index is -1.01. The predicted octanol–water partition coefficient (Wildman–Crippen LogP) is 2.55. The second-order valence-electron chi connectivity index (χ2n) is 4.07. The van der Waals surface area contributed by atoms with Gasteiger partial charge in [0, 0.05) is 0 Å². The fourth-order valence-electron chi connectivity index (χ4n) is 1.94. The molecule has 4 heteroatoms. The Morgan fingerprint density at radius 3 is 2.58 bits per heavy atom. The van der Waals surface area contributed by atoms with Crippen molar-refractivity contribution >= 4 is 5.97 Å². The number of benzene rings is 2. The third-order valence-corrected chi connectivity index (χ3v) is 2.89. The Balaban J connectivity index is 2.61. The quantitative estimate of drug-likeness (QED) is 0.884. The van der Waals surface area contributed by atoms with Gasteiger partial charge in [0.2, 0.25) is 0 Å². The van der Waals surface area contributed by atoms with E-state index in [1.54, 1.807) is 18.2 Å². The number of aromatic carboxylic acids is 1. The maximum absolute atomic E-state index is 11.1. The van der Waals surface area contributed by atoms with Crippen molar-refractivity contribution in [1.82, 2.24) is 0 Å². The molecule has 98 valence electrons. The van der Waals surface area contributed by atoms with E-state index in [1.165, 1.54) is 13.2 Å². The molecule has 0 unspecified atom stereocenters. The molecule has 0 heterocycles. The monoisotopic (exact) mass is 258 g/mol. The second-order valence-corrected chi connectivity index (χ2v) is 4.07. The first kappa shape index (κ1) is 13.1. The van der Waals surface area contributed by atoms with Crippen LogP contribution in [-0.4, -0.2) is 23.3 Å². The second kappa shape index (κ2) is 5.54. The average molecular weight is 258 g/mol. The van der Waals surface area contributed by atoms with Gasteiger partial charge in [0.05, 0.1) is 19.3 Å². The van der Waals surface area contributed by atoms with Gasteiger partial charge in [-0.1, -0.05) is 24.3 Å². The molecular weight excluding hydrogens is 244 g/mol. The molecule has 0 atom stereocenters. The molecule has 19 heavy (non-hydrogen) atoms. The molecule has 0 spiro atoms.